The second kappa shape index (κ2) is 6.15. The predicted octanol–water partition coefficient (Wildman–Crippen LogP) is 3.28. The lowest BCUT2D eigenvalue weighted by Gasteiger charge is -2.46. The van der Waals surface area contributed by atoms with Crippen molar-refractivity contribution in [2.45, 2.75) is 32.0 Å². The van der Waals surface area contributed by atoms with Crippen LogP contribution in [0.1, 0.15) is 34.3 Å². The minimum atomic E-state index is -0.401. The normalized spacial score (nSPS) is 19.2. The Hall–Kier alpha value is -2.40. The van der Waals surface area contributed by atoms with Crippen LogP contribution in [0, 0.1) is 12.7 Å². The third-order valence-corrected chi connectivity index (χ3v) is 5.30. The van der Waals surface area contributed by atoms with Gasteiger partial charge in [0.25, 0.3) is 5.91 Å². The van der Waals surface area contributed by atoms with Gasteiger partial charge in [-0.25, -0.2) is 4.39 Å². The Bertz CT molecular complexity index is 812. The molecule has 0 unspecified atom stereocenters. The first-order valence-corrected chi connectivity index (χ1v) is 8.72. The lowest BCUT2D eigenvalue weighted by atomic mass is 9.91. The first-order valence-electron chi connectivity index (χ1n) is 8.72. The third-order valence-electron chi connectivity index (χ3n) is 5.30. The number of nitrogens with one attached hydrogen (secondary N) is 2. The maximum absolute atomic E-state index is 13.9. The van der Waals surface area contributed by atoms with Gasteiger partial charge in [-0.05, 0) is 24.6 Å². The van der Waals surface area contributed by atoms with Crippen LogP contribution < -0.4 is 10.6 Å². The maximum atomic E-state index is 13.9. The molecule has 1 amide bonds. The zero-order valence-electron chi connectivity index (χ0n) is 14.3. The highest BCUT2D eigenvalue weighted by molar-refractivity contribution is 6.02. The molecular weight excluding hydrogens is 317 g/mol. The molecule has 0 aliphatic carbocycles. The van der Waals surface area contributed by atoms with Crippen LogP contribution in [0.4, 0.5) is 10.1 Å². The number of aryl methyl sites for hydroxylation is 1. The summed E-state index contributed by atoms with van der Waals surface area (Å²) >= 11 is 0. The average Bonchev–Trinajstić information content (AvgIpc) is 2.60. The number of carbonyl (C=O) groups is 1. The van der Waals surface area contributed by atoms with Crippen molar-refractivity contribution in [2.24, 2.45) is 0 Å². The topological polar surface area (TPSA) is 44.4 Å². The molecule has 2 N–H and O–H groups in total. The molecule has 0 radical (unpaired) electrons. The van der Waals surface area contributed by atoms with Gasteiger partial charge in [-0.2, -0.15) is 0 Å². The zero-order chi connectivity index (χ0) is 17.4. The Morgan fingerprint density at radius 3 is 2.60 bits per heavy atom. The van der Waals surface area contributed by atoms with Crippen molar-refractivity contribution in [3.63, 3.8) is 0 Å². The van der Waals surface area contributed by atoms with Crippen LogP contribution in [0.15, 0.2) is 42.5 Å². The fourth-order valence-electron chi connectivity index (χ4n) is 3.79. The molecule has 2 heterocycles. The van der Waals surface area contributed by atoms with Gasteiger partial charge in [0, 0.05) is 38.0 Å². The molecule has 130 valence electrons. The van der Waals surface area contributed by atoms with Gasteiger partial charge in [-0.15, -0.1) is 0 Å². The van der Waals surface area contributed by atoms with Gasteiger partial charge in [-0.3, -0.25) is 9.69 Å². The standard InChI is InChI=1S/C20H22FN3O/c1-14-5-4-7-16-18(14)22-20(23-19(16)25)9-11-24(12-10-20)13-15-6-2-3-8-17(15)21/h2-8,22H,9-13H2,1H3,(H,23,25). The van der Waals surface area contributed by atoms with E-state index in [2.05, 4.69) is 15.5 Å². The molecule has 5 heteroatoms. The Kier molecular flexibility index (Phi) is 3.96. The molecular formula is C20H22FN3O. The summed E-state index contributed by atoms with van der Waals surface area (Å²) in [6, 6.07) is 12.7. The summed E-state index contributed by atoms with van der Waals surface area (Å²) in [5.41, 5.74) is 3.05. The van der Waals surface area contributed by atoms with Gasteiger partial charge < -0.3 is 10.6 Å². The number of carbonyl (C=O) groups excluding carboxylic acids is 1. The van der Waals surface area contributed by atoms with Crippen molar-refractivity contribution in [1.29, 1.82) is 0 Å². The van der Waals surface area contributed by atoms with Crippen molar-refractivity contribution in [3.8, 4) is 0 Å². The van der Waals surface area contributed by atoms with E-state index in [0.717, 1.165) is 42.7 Å². The first-order chi connectivity index (χ1) is 12.1. The highest BCUT2D eigenvalue weighted by Crippen LogP contribution is 2.33. The number of fused-ring (bicyclic) bond motifs is 1. The monoisotopic (exact) mass is 339 g/mol. The molecule has 4 nitrogen and oxygen atoms in total. The number of piperidine rings is 1. The number of amides is 1. The average molecular weight is 339 g/mol. The molecule has 2 aromatic rings. The molecule has 1 fully saturated rings. The van der Waals surface area contributed by atoms with Crippen molar-refractivity contribution in [3.05, 3.63) is 65.0 Å². The summed E-state index contributed by atoms with van der Waals surface area (Å²) in [6.07, 6.45) is 1.59. The molecule has 4 rings (SSSR count). The lowest BCUT2D eigenvalue weighted by Crippen LogP contribution is -2.62. The Morgan fingerprint density at radius 1 is 1.08 bits per heavy atom. The largest absolute Gasteiger partial charge is 0.362 e. The van der Waals surface area contributed by atoms with Crippen molar-refractivity contribution in [1.82, 2.24) is 10.2 Å². The number of para-hydroxylation sites is 1. The Morgan fingerprint density at radius 2 is 1.84 bits per heavy atom. The molecule has 1 saturated heterocycles. The molecule has 25 heavy (non-hydrogen) atoms. The van der Waals surface area contributed by atoms with Crippen LogP contribution in [0.25, 0.3) is 0 Å². The van der Waals surface area contributed by atoms with Crippen molar-refractivity contribution >= 4 is 11.6 Å². The van der Waals surface area contributed by atoms with E-state index < -0.39 is 5.66 Å². The third kappa shape index (κ3) is 3.00. The second-order valence-corrected chi connectivity index (χ2v) is 7.03. The summed E-state index contributed by atoms with van der Waals surface area (Å²) in [6.45, 7) is 4.24. The highest BCUT2D eigenvalue weighted by atomic mass is 19.1. The second-order valence-electron chi connectivity index (χ2n) is 7.03. The SMILES string of the molecule is Cc1cccc2c1NC1(CCN(Cc3ccccc3F)CC1)NC2=O. The number of anilines is 1. The molecule has 1 spiro atoms. The van der Waals surface area contributed by atoms with Crippen LogP contribution in [0.2, 0.25) is 0 Å². The van der Waals surface area contributed by atoms with Crippen LogP contribution in [-0.2, 0) is 6.54 Å². The van der Waals surface area contributed by atoms with Gasteiger partial charge in [0.05, 0.1) is 11.3 Å². The first kappa shape index (κ1) is 16.1. The van der Waals surface area contributed by atoms with Gasteiger partial charge >= 0.3 is 0 Å². The minimum absolute atomic E-state index is 0.0139. The molecule has 0 saturated carbocycles. The van der Waals surface area contributed by atoms with Crippen LogP contribution in [-0.4, -0.2) is 29.6 Å². The number of hydrogen-bond acceptors (Lipinski definition) is 3. The van der Waals surface area contributed by atoms with Gasteiger partial charge in [0.15, 0.2) is 0 Å². The lowest BCUT2D eigenvalue weighted by molar-refractivity contribution is 0.0821. The van der Waals surface area contributed by atoms with E-state index in [4.69, 9.17) is 0 Å². The van der Waals surface area contributed by atoms with Crippen LogP contribution in [0.3, 0.4) is 0 Å². The van der Waals surface area contributed by atoms with Crippen molar-refractivity contribution < 1.29 is 9.18 Å². The minimum Gasteiger partial charge on any atom is -0.362 e. The molecule has 2 aliphatic rings. The van der Waals surface area contributed by atoms with E-state index in [-0.39, 0.29) is 11.7 Å². The molecule has 0 aromatic heterocycles. The summed E-state index contributed by atoms with van der Waals surface area (Å²) in [5.74, 6) is -0.170. The number of likely N-dealkylation sites (tertiary alicyclic amines) is 1. The Labute approximate surface area is 147 Å². The summed E-state index contributed by atoms with van der Waals surface area (Å²) in [4.78, 5) is 14.8. The Balaban J connectivity index is 1.48. The van der Waals surface area contributed by atoms with E-state index in [1.54, 1.807) is 6.07 Å². The quantitative estimate of drug-likeness (QED) is 0.882. The number of hydrogen-bond donors (Lipinski definition) is 2. The summed E-state index contributed by atoms with van der Waals surface area (Å²) in [5, 5.41) is 6.73. The van der Waals surface area contributed by atoms with E-state index in [0.29, 0.717) is 12.1 Å². The fraction of sp³-hybridized carbons (Fsp3) is 0.350. The molecule has 2 aromatic carbocycles. The summed E-state index contributed by atoms with van der Waals surface area (Å²) < 4.78 is 13.9. The molecule has 0 bridgehead atoms. The van der Waals surface area contributed by atoms with Crippen LogP contribution >= 0.6 is 0 Å². The van der Waals surface area contributed by atoms with E-state index in [1.807, 2.05) is 37.3 Å². The van der Waals surface area contributed by atoms with Gasteiger partial charge in [0.2, 0.25) is 0 Å². The summed E-state index contributed by atoms with van der Waals surface area (Å²) in [7, 11) is 0. The van der Waals surface area contributed by atoms with E-state index >= 15 is 0 Å². The zero-order valence-corrected chi connectivity index (χ0v) is 14.3. The highest BCUT2D eigenvalue weighted by Gasteiger charge is 2.40. The maximum Gasteiger partial charge on any atom is 0.255 e. The fourth-order valence-corrected chi connectivity index (χ4v) is 3.79. The molecule has 0 atom stereocenters. The van der Waals surface area contributed by atoms with E-state index in [9.17, 15) is 9.18 Å². The number of halogens is 1. The van der Waals surface area contributed by atoms with Crippen LogP contribution in [0.5, 0.6) is 0 Å². The van der Waals surface area contributed by atoms with Gasteiger partial charge in [0.1, 0.15) is 11.5 Å². The van der Waals surface area contributed by atoms with E-state index in [1.165, 1.54) is 6.07 Å². The number of nitrogens with zero attached hydrogens (tertiary/aromatic N) is 1. The smallest absolute Gasteiger partial charge is 0.255 e. The number of benzene rings is 2. The molecule has 2 aliphatic heterocycles. The van der Waals surface area contributed by atoms with Crippen molar-refractivity contribution in [2.75, 3.05) is 18.4 Å². The predicted molar refractivity (Wildman–Crippen MR) is 95.9 cm³/mol. The number of rotatable bonds is 2. The van der Waals surface area contributed by atoms with Gasteiger partial charge in [-0.1, -0.05) is 30.3 Å².